The Balaban J connectivity index is 1.71. The standard InChI is InChI=1S/C12H17N3O2S/c16-12(17)10-4-9(5-13-7-10)6-14-15-8-11-2-1-3-18-11/h1-3,8-10,13-14H,4-7H2,(H,16,17)/b15-8+/t9-,10+/m0/s1. The SMILES string of the molecule is O=C(O)[C@H]1CNC[C@@H](CN/N=C/c2cccs2)C1. The molecule has 0 radical (unpaired) electrons. The highest BCUT2D eigenvalue weighted by Gasteiger charge is 2.26. The molecule has 0 spiro atoms. The maximum absolute atomic E-state index is 10.9. The van der Waals surface area contributed by atoms with E-state index < -0.39 is 5.97 Å². The van der Waals surface area contributed by atoms with Crippen LogP contribution >= 0.6 is 11.3 Å². The lowest BCUT2D eigenvalue weighted by Crippen LogP contribution is -2.42. The molecule has 2 heterocycles. The first kappa shape index (κ1) is 13.0. The van der Waals surface area contributed by atoms with Crippen LogP contribution in [0.2, 0.25) is 0 Å². The van der Waals surface area contributed by atoms with E-state index in [4.69, 9.17) is 5.11 Å². The Morgan fingerprint density at radius 3 is 3.28 bits per heavy atom. The lowest BCUT2D eigenvalue weighted by Gasteiger charge is -2.27. The van der Waals surface area contributed by atoms with Gasteiger partial charge in [0.2, 0.25) is 0 Å². The van der Waals surface area contributed by atoms with Crippen LogP contribution in [0.3, 0.4) is 0 Å². The van der Waals surface area contributed by atoms with Crippen LogP contribution in [0.4, 0.5) is 0 Å². The number of carboxylic acid groups (broad SMARTS) is 1. The third kappa shape index (κ3) is 3.82. The molecule has 0 unspecified atom stereocenters. The van der Waals surface area contributed by atoms with Gasteiger partial charge in [-0.15, -0.1) is 11.3 Å². The topological polar surface area (TPSA) is 73.7 Å². The molecule has 2 atom stereocenters. The van der Waals surface area contributed by atoms with Gasteiger partial charge in [0, 0.05) is 18.0 Å². The molecule has 0 amide bonds. The zero-order chi connectivity index (χ0) is 12.8. The quantitative estimate of drug-likeness (QED) is 0.549. The van der Waals surface area contributed by atoms with Gasteiger partial charge >= 0.3 is 5.97 Å². The lowest BCUT2D eigenvalue weighted by atomic mass is 9.91. The number of hydrazone groups is 1. The Bertz CT molecular complexity index is 405. The van der Waals surface area contributed by atoms with Crippen molar-refractivity contribution < 1.29 is 9.90 Å². The minimum Gasteiger partial charge on any atom is -0.481 e. The van der Waals surface area contributed by atoms with Gasteiger partial charge in [-0.1, -0.05) is 6.07 Å². The number of piperidine rings is 1. The first-order valence-electron chi connectivity index (χ1n) is 5.98. The van der Waals surface area contributed by atoms with E-state index in [1.54, 1.807) is 17.6 Å². The average Bonchev–Trinajstić information content (AvgIpc) is 2.88. The summed E-state index contributed by atoms with van der Waals surface area (Å²) in [6, 6.07) is 3.98. The molecule has 3 N–H and O–H groups in total. The molecule has 0 saturated carbocycles. The van der Waals surface area contributed by atoms with Crippen LogP contribution in [0, 0.1) is 11.8 Å². The number of nitrogens with one attached hydrogen (secondary N) is 2. The lowest BCUT2D eigenvalue weighted by molar-refractivity contribution is -0.142. The van der Waals surface area contributed by atoms with E-state index in [1.807, 2.05) is 17.5 Å². The number of nitrogens with zero attached hydrogens (tertiary/aromatic N) is 1. The van der Waals surface area contributed by atoms with Gasteiger partial charge in [-0.2, -0.15) is 5.10 Å². The van der Waals surface area contributed by atoms with Crippen LogP contribution in [0.5, 0.6) is 0 Å². The minimum atomic E-state index is -0.714. The van der Waals surface area contributed by atoms with Gasteiger partial charge in [0.1, 0.15) is 0 Å². The number of aliphatic carboxylic acids is 1. The van der Waals surface area contributed by atoms with Gasteiger partial charge in [-0.3, -0.25) is 4.79 Å². The third-order valence-electron chi connectivity index (χ3n) is 3.00. The summed E-state index contributed by atoms with van der Waals surface area (Å²) in [5, 5.41) is 18.3. The third-order valence-corrected chi connectivity index (χ3v) is 3.80. The van der Waals surface area contributed by atoms with E-state index in [2.05, 4.69) is 15.8 Å². The maximum atomic E-state index is 10.9. The number of hydrogen-bond donors (Lipinski definition) is 3. The zero-order valence-corrected chi connectivity index (χ0v) is 10.8. The van der Waals surface area contributed by atoms with Gasteiger partial charge in [-0.05, 0) is 30.3 Å². The van der Waals surface area contributed by atoms with Gasteiger partial charge in [0.05, 0.1) is 12.1 Å². The monoisotopic (exact) mass is 267 g/mol. The second-order valence-corrected chi connectivity index (χ2v) is 5.41. The Hall–Kier alpha value is -1.40. The van der Waals surface area contributed by atoms with E-state index >= 15 is 0 Å². The van der Waals surface area contributed by atoms with Gasteiger partial charge in [0.15, 0.2) is 0 Å². The summed E-state index contributed by atoms with van der Waals surface area (Å²) in [6.07, 6.45) is 2.50. The Labute approximate surface area is 110 Å². The van der Waals surface area contributed by atoms with Crippen molar-refractivity contribution in [1.82, 2.24) is 10.7 Å². The molecule has 0 aromatic carbocycles. The smallest absolute Gasteiger partial charge is 0.307 e. The van der Waals surface area contributed by atoms with Crippen LogP contribution in [0.25, 0.3) is 0 Å². The van der Waals surface area contributed by atoms with Crippen LogP contribution in [0.1, 0.15) is 11.3 Å². The molecule has 1 aliphatic rings. The molecule has 18 heavy (non-hydrogen) atoms. The highest BCUT2D eigenvalue weighted by molar-refractivity contribution is 7.11. The first-order valence-corrected chi connectivity index (χ1v) is 6.86. The average molecular weight is 267 g/mol. The fraction of sp³-hybridized carbons (Fsp3) is 0.500. The van der Waals surface area contributed by atoms with Crippen LogP contribution in [-0.4, -0.2) is 36.9 Å². The molecular weight excluding hydrogens is 250 g/mol. The normalized spacial score (nSPS) is 24.2. The van der Waals surface area contributed by atoms with E-state index in [1.165, 1.54) is 0 Å². The van der Waals surface area contributed by atoms with Crippen LogP contribution in [-0.2, 0) is 4.79 Å². The first-order chi connectivity index (χ1) is 8.75. The molecule has 1 aromatic heterocycles. The second-order valence-electron chi connectivity index (χ2n) is 4.43. The van der Waals surface area contributed by atoms with Crippen molar-refractivity contribution in [2.75, 3.05) is 19.6 Å². The zero-order valence-electron chi connectivity index (χ0n) is 10.0. The summed E-state index contributed by atoms with van der Waals surface area (Å²) in [6.45, 7) is 2.13. The predicted molar refractivity (Wildman–Crippen MR) is 72.0 cm³/mol. The van der Waals surface area contributed by atoms with Crippen LogP contribution in [0.15, 0.2) is 22.6 Å². The summed E-state index contributed by atoms with van der Waals surface area (Å²) >= 11 is 1.63. The van der Waals surface area contributed by atoms with Gasteiger partial charge in [-0.25, -0.2) is 0 Å². The number of carboxylic acids is 1. The molecule has 1 fully saturated rings. The molecule has 6 heteroatoms. The molecule has 0 bridgehead atoms. The Morgan fingerprint density at radius 2 is 2.56 bits per heavy atom. The molecular formula is C12H17N3O2S. The summed E-state index contributed by atoms with van der Waals surface area (Å²) in [4.78, 5) is 12.0. The molecule has 0 aliphatic carbocycles. The van der Waals surface area contributed by atoms with Crippen molar-refractivity contribution in [3.8, 4) is 0 Å². The summed E-state index contributed by atoms with van der Waals surface area (Å²) < 4.78 is 0. The highest BCUT2D eigenvalue weighted by Crippen LogP contribution is 2.15. The summed E-state index contributed by atoms with van der Waals surface area (Å²) in [7, 11) is 0. The number of thiophene rings is 1. The van der Waals surface area contributed by atoms with Crippen molar-refractivity contribution in [1.29, 1.82) is 0 Å². The molecule has 1 aromatic rings. The minimum absolute atomic E-state index is 0.271. The van der Waals surface area contributed by atoms with Crippen LogP contribution < -0.4 is 10.7 Å². The van der Waals surface area contributed by atoms with E-state index in [0.717, 1.165) is 11.4 Å². The van der Waals surface area contributed by atoms with Crippen molar-refractivity contribution in [3.05, 3.63) is 22.4 Å². The second kappa shape index (κ2) is 6.51. The number of hydrogen-bond acceptors (Lipinski definition) is 5. The van der Waals surface area contributed by atoms with Crippen molar-refractivity contribution in [2.45, 2.75) is 6.42 Å². The molecule has 1 saturated heterocycles. The fourth-order valence-corrected chi connectivity index (χ4v) is 2.62. The van der Waals surface area contributed by atoms with Crippen molar-refractivity contribution in [2.24, 2.45) is 16.9 Å². The van der Waals surface area contributed by atoms with Gasteiger partial charge < -0.3 is 15.8 Å². The predicted octanol–water partition coefficient (Wildman–Crippen LogP) is 0.982. The molecule has 98 valence electrons. The Morgan fingerprint density at radius 1 is 1.67 bits per heavy atom. The maximum Gasteiger partial charge on any atom is 0.307 e. The molecule has 1 aliphatic heterocycles. The summed E-state index contributed by atoms with van der Waals surface area (Å²) in [5.74, 6) is -0.665. The van der Waals surface area contributed by atoms with Crippen molar-refractivity contribution >= 4 is 23.5 Å². The highest BCUT2D eigenvalue weighted by atomic mass is 32.1. The van der Waals surface area contributed by atoms with Crippen molar-refractivity contribution in [3.63, 3.8) is 0 Å². The number of rotatable bonds is 5. The van der Waals surface area contributed by atoms with Gasteiger partial charge in [0.25, 0.3) is 0 Å². The summed E-state index contributed by atoms with van der Waals surface area (Å²) in [5.41, 5.74) is 3.00. The Kier molecular flexibility index (Phi) is 4.72. The van der Waals surface area contributed by atoms with E-state index in [9.17, 15) is 4.79 Å². The molecule has 5 nitrogen and oxygen atoms in total. The molecule has 2 rings (SSSR count). The largest absolute Gasteiger partial charge is 0.481 e. The fourth-order valence-electron chi connectivity index (χ4n) is 2.03. The van der Waals surface area contributed by atoms with E-state index in [-0.39, 0.29) is 5.92 Å². The van der Waals surface area contributed by atoms with E-state index in [0.29, 0.717) is 25.4 Å². The number of carbonyl (C=O) groups is 1.